The summed E-state index contributed by atoms with van der Waals surface area (Å²) in [5.74, 6) is -0.185. The summed E-state index contributed by atoms with van der Waals surface area (Å²) in [4.78, 5) is 25.9. The van der Waals surface area contributed by atoms with E-state index in [1.54, 1.807) is 0 Å². The number of benzene rings is 2. The van der Waals surface area contributed by atoms with E-state index >= 15 is 0 Å². The molecule has 1 aliphatic heterocycles. The Labute approximate surface area is 235 Å². The average molecular weight is 813 g/mol. The normalized spacial score (nSPS) is 14.2. The molecule has 2 N–H and O–H groups in total. The topological polar surface area (TPSA) is 63.4 Å². The molecule has 0 bridgehead atoms. The van der Waals surface area contributed by atoms with E-state index in [9.17, 15) is 9.59 Å². The van der Waals surface area contributed by atoms with Crippen molar-refractivity contribution in [2.75, 3.05) is 19.6 Å². The Kier molecular flexibility index (Phi) is 24.6. The number of carbonyl (C=O) groups excluding carboxylic acids is 2. The molecule has 34 heavy (non-hydrogen) atoms. The number of hydrogen-bond acceptors (Lipinski definition) is 3. The van der Waals surface area contributed by atoms with Crippen LogP contribution in [0.5, 0.6) is 0 Å². The molecular formula is C28H44N2O2Re2. The van der Waals surface area contributed by atoms with Crippen LogP contribution in [0.25, 0.3) is 0 Å². The van der Waals surface area contributed by atoms with Gasteiger partial charge in [-0.1, -0.05) is 102 Å². The van der Waals surface area contributed by atoms with Crippen LogP contribution in [0.4, 0.5) is 0 Å². The molecule has 2 aromatic carbocycles. The van der Waals surface area contributed by atoms with Crippen molar-refractivity contribution in [3.8, 4) is 0 Å². The maximum atomic E-state index is 12.9. The summed E-state index contributed by atoms with van der Waals surface area (Å²) in [5, 5.41) is 0. The third-order valence-corrected chi connectivity index (χ3v) is 5.53. The molecule has 0 aliphatic carbocycles. The van der Waals surface area contributed by atoms with Crippen molar-refractivity contribution in [3.05, 3.63) is 71.8 Å². The molecule has 1 heterocycles. The fraction of sp³-hybridized carbons (Fsp3) is 0.500. The number of nitrogens with two attached hydrogens (primary N) is 1. The standard InChI is InChI=1S/C22H26N2O2.3C2H6.2Re/c23-21(26)22(18-9-3-1-4-10-18,19-11-5-2-6-12-19)20-13-15-24(17-20)14-7-8-16-25;3*1-2;;/h1-6,9-12,16,20H,7-8,13-15,17H2,(H2,23,26);3*1-2H3;;. The SMILES string of the molecule is CC.CC.CC.NC(=O)C(c1ccccc1)(c1ccccc1)C1CCN(CCCC=O)C1.[Re].[Re]. The van der Waals surface area contributed by atoms with Gasteiger partial charge in [-0.3, -0.25) is 4.79 Å². The van der Waals surface area contributed by atoms with Gasteiger partial charge in [0.1, 0.15) is 11.7 Å². The molecule has 0 aromatic heterocycles. The van der Waals surface area contributed by atoms with Gasteiger partial charge in [0.2, 0.25) is 5.91 Å². The van der Waals surface area contributed by atoms with Crippen molar-refractivity contribution in [1.82, 2.24) is 4.90 Å². The smallest absolute Gasteiger partial charge is 0.232 e. The van der Waals surface area contributed by atoms with E-state index < -0.39 is 5.41 Å². The maximum absolute atomic E-state index is 12.9. The van der Waals surface area contributed by atoms with Gasteiger partial charge >= 0.3 is 0 Å². The Morgan fingerprint density at radius 1 is 0.912 bits per heavy atom. The van der Waals surface area contributed by atoms with Gasteiger partial charge in [0.05, 0.1) is 0 Å². The monoisotopic (exact) mass is 814 g/mol. The predicted octanol–water partition coefficient (Wildman–Crippen LogP) is 5.83. The van der Waals surface area contributed by atoms with Gasteiger partial charge in [0, 0.05) is 53.8 Å². The minimum Gasteiger partial charge on any atom is -0.369 e. The van der Waals surface area contributed by atoms with Crippen LogP contribution in [0.3, 0.4) is 0 Å². The molecule has 3 rings (SSSR count). The Morgan fingerprint density at radius 3 is 1.74 bits per heavy atom. The summed E-state index contributed by atoms with van der Waals surface area (Å²) >= 11 is 0. The Hall–Kier alpha value is -1.14. The number of primary amides is 1. The zero-order valence-corrected chi connectivity index (χ0v) is 27.2. The van der Waals surface area contributed by atoms with Crippen molar-refractivity contribution in [1.29, 1.82) is 0 Å². The minimum atomic E-state index is -0.831. The van der Waals surface area contributed by atoms with Crippen molar-refractivity contribution in [2.45, 2.75) is 66.2 Å². The predicted molar refractivity (Wildman–Crippen MR) is 137 cm³/mol. The largest absolute Gasteiger partial charge is 0.369 e. The fourth-order valence-corrected chi connectivity index (χ4v) is 4.31. The number of likely N-dealkylation sites (tertiary alicyclic amines) is 1. The Balaban J connectivity index is -0.00000111. The molecule has 0 saturated carbocycles. The molecule has 192 valence electrons. The van der Waals surface area contributed by atoms with E-state index in [0.717, 1.165) is 49.9 Å². The molecule has 6 heteroatoms. The van der Waals surface area contributed by atoms with E-state index in [1.807, 2.05) is 102 Å². The van der Waals surface area contributed by atoms with Crippen LogP contribution < -0.4 is 5.73 Å². The van der Waals surface area contributed by atoms with Gasteiger partial charge in [0.15, 0.2) is 0 Å². The van der Waals surface area contributed by atoms with Crippen LogP contribution in [0, 0.1) is 5.92 Å². The van der Waals surface area contributed by atoms with Gasteiger partial charge in [-0.2, -0.15) is 0 Å². The van der Waals surface area contributed by atoms with Crippen LogP contribution >= 0.6 is 0 Å². The number of nitrogens with zero attached hydrogens (tertiary/aromatic N) is 1. The molecule has 1 aliphatic rings. The van der Waals surface area contributed by atoms with Gasteiger partial charge in [-0.25, -0.2) is 0 Å². The van der Waals surface area contributed by atoms with Gasteiger partial charge in [-0.15, -0.1) is 0 Å². The molecule has 0 spiro atoms. The molecule has 4 nitrogen and oxygen atoms in total. The molecule has 1 unspecified atom stereocenters. The summed E-state index contributed by atoms with van der Waals surface area (Å²) in [7, 11) is 0. The van der Waals surface area contributed by atoms with Crippen molar-refractivity contribution >= 4 is 12.2 Å². The van der Waals surface area contributed by atoms with Crippen LogP contribution in [-0.2, 0) is 55.8 Å². The minimum absolute atomic E-state index is 0. The van der Waals surface area contributed by atoms with Crippen LogP contribution in [-0.4, -0.2) is 36.7 Å². The summed E-state index contributed by atoms with van der Waals surface area (Å²) in [6.45, 7) is 14.6. The van der Waals surface area contributed by atoms with E-state index in [1.165, 1.54) is 0 Å². The molecule has 2 aromatic rings. The second kappa shape index (κ2) is 22.3. The van der Waals surface area contributed by atoms with E-state index in [2.05, 4.69) is 4.90 Å². The zero-order valence-electron chi connectivity index (χ0n) is 21.8. The van der Waals surface area contributed by atoms with Crippen molar-refractivity contribution < 1.29 is 50.4 Å². The van der Waals surface area contributed by atoms with Crippen LogP contribution in [0.2, 0.25) is 0 Å². The summed E-state index contributed by atoms with van der Waals surface area (Å²) in [6, 6.07) is 19.8. The summed E-state index contributed by atoms with van der Waals surface area (Å²) < 4.78 is 0. The number of aldehydes is 1. The third kappa shape index (κ3) is 9.85. The van der Waals surface area contributed by atoms with Gasteiger partial charge in [0.25, 0.3) is 0 Å². The first-order valence-electron chi connectivity index (χ1n) is 12.3. The number of carbonyl (C=O) groups is 2. The van der Waals surface area contributed by atoms with Crippen LogP contribution in [0.1, 0.15) is 71.9 Å². The quantitative estimate of drug-likeness (QED) is 0.270. The third-order valence-electron chi connectivity index (χ3n) is 5.53. The van der Waals surface area contributed by atoms with Crippen molar-refractivity contribution in [3.63, 3.8) is 0 Å². The molecule has 1 amide bonds. The number of amides is 1. The molecule has 1 fully saturated rings. The number of rotatable bonds is 8. The molecule has 1 atom stereocenters. The first-order chi connectivity index (χ1) is 15.7. The molecular weight excluding hydrogens is 769 g/mol. The van der Waals surface area contributed by atoms with Gasteiger partial charge in [-0.05, 0) is 43.0 Å². The number of hydrogen-bond donors (Lipinski definition) is 1. The van der Waals surface area contributed by atoms with Crippen LogP contribution in [0.15, 0.2) is 60.7 Å². The number of unbranched alkanes of at least 4 members (excludes halogenated alkanes) is 1. The Morgan fingerprint density at radius 2 is 1.35 bits per heavy atom. The van der Waals surface area contributed by atoms with Gasteiger partial charge < -0.3 is 15.4 Å². The average Bonchev–Trinajstić information content (AvgIpc) is 3.34. The maximum Gasteiger partial charge on any atom is 0.232 e. The second-order valence-corrected chi connectivity index (χ2v) is 7.00. The Bertz CT molecular complexity index is 703. The molecule has 1 saturated heterocycles. The molecule has 2 radical (unpaired) electrons. The summed E-state index contributed by atoms with van der Waals surface area (Å²) in [5.41, 5.74) is 7.16. The fourth-order valence-electron chi connectivity index (χ4n) is 4.31. The second-order valence-electron chi connectivity index (χ2n) is 7.00. The van der Waals surface area contributed by atoms with Crippen molar-refractivity contribution in [2.24, 2.45) is 11.7 Å². The first-order valence-corrected chi connectivity index (χ1v) is 12.3. The van der Waals surface area contributed by atoms with E-state index in [-0.39, 0.29) is 52.7 Å². The first kappa shape index (κ1) is 37.4. The zero-order chi connectivity index (χ0) is 24.4. The summed E-state index contributed by atoms with van der Waals surface area (Å²) in [6.07, 6.45) is 3.32. The van der Waals surface area contributed by atoms with E-state index in [0.29, 0.717) is 6.42 Å². The van der Waals surface area contributed by atoms with E-state index in [4.69, 9.17) is 5.73 Å².